The molecular formula is C16H28N2O4. The predicted molar refractivity (Wildman–Crippen MR) is 82.5 cm³/mol. The van der Waals surface area contributed by atoms with E-state index in [1.807, 2.05) is 0 Å². The standard InChI is InChI=1S/C16H28N2O4/c1-15(2,3)21-13(19)18(14(20)22-16(4,5)6)9-12-10-7-17-8-11(10)12/h10-12,17H,7-9H2,1-6H3/t10-,11+,12?. The molecule has 0 spiro atoms. The molecule has 1 aliphatic carbocycles. The minimum atomic E-state index is -0.641. The van der Waals surface area contributed by atoms with Crippen molar-refractivity contribution in [1.29, 1.82) is 0 Å². The molecule has 1 unspecified atom stereocenters. The van der Waals surface area contributed by atoms with Crippen LogP contribution in [0.2, 0.25) is 0 Å². The van der Waals surface area contributed by atoms with Gasteiger partial charge in [0, 0.05) is 6.54 Å². The molecule has 0 aromatic rings. The molecule has 0 aromatic heterocycles. The third-order valence-corrected chi connectivity index (χ3v) is 3.89. The van der Waals surface area contributed by atoms with Gasteiger partial charge < -0.3 is 14.8 Å². The van der Waals surface area contributed by atoms with Crippen molar-refractivity contribution in [2.75, 3.05) is 19.6 Å². The molecule has 1 N–H and O–H groups in total. The average Bonchev–Trinajstić information content (AvgIpc) is 2.74. The van der Waals surface area contributed by atoms with Gasteiger partial charge in [-0.2, -0.15) is 0 Å². The molecule has 2 rings (SSSR count). The molecular weight excluding hydrogens is 284 g/mol. The number of carbonyl (C=O) groups excluding carboxylic acids is 2. The first-order valence-electron chi connectivity index (χ1n) is 7.92. The first-order valence-corrected chi connectivity index (χ1v) is 7.92. The summed E-state index contributed by atoms with van der Waals surface area (Å²) in [6.07, 6.45) is -1.25. The topological polar surface area (TPSA) is 67.9 Å². The number of fused-ring (bicyclic) bond motifs is 1. The van der Waals surface area contributed by atoms with Gasteiger partial charge in [0.05, 0.1) is 0 Å². The zero-order chi connectivity index (χ0) is 16.7. The summed E-state index contributed by atoms with van der Waals surface area (Å²) in [7, 11) is 0. The minimum absolute atomic E-state index is 0.362. The SMILES string of the molecule is CC(C)(C)OC(=O)N(CC1[C@H]2CNC[C@@H]12)C(=O)OC(C)(C)C. The summed E-state index contributed by atoms with van der Waals surface area (Å²) >= 11 is 0. The van der Waals surface area contributed by atoms with Gasteiger partial charge in [-0.3, -0.25) is 0 Å². The van der Waals surface area contributed by atoms with Crippen LogP contribution in [0.1, 0.15) is 41.5 Å². The number of nitrogens with one attached hydrogen (secondary N) is 1. The van der Waals surface area contributed by atoms with Crippen molar-refractivity contribution >= 4 is 12.2 Å². The molecule has 6 heteroatoms. The molecule has 0 aromatic carbocycles. The lowest BCUT2D eigenvalue weighted by Gasteiger charge is -2.29. The Bertz CT molecular complexity index is 412. The number of hydrogen-bond donors (Lipinski definition) is 1. The van der Waals surface area contributed by atoms with Gasteiger partial charge in [-0.25, -0.2) is 14.5 Å². The Kier molecular flexibility index (Phi) is 4.44. The summed E-state index contributed by atoms with van der Waals surface area (Å²) < 4.78 is 10.7. The molecule has 2 amide bonds. The first-order chi connectivity index (χ1) is 9.98. The summed E-state index contributed by atoms with van der Waals surface area (Å²) in [5.41, 5.74) is -1.28. The number of amides is 2. The van der Waals surface area contributed by atoms with Crippen molar-refractivity contribution in [3.63, 3.8) is 0 Å². The molecule has 0 bridgehead atoms. The van der Waals surface area contributed by atoms with Gasteiger partial charge in [-0.05, 0) is 72.4 Å². The van der Waals surface area contributed by atoms with Crippen LogP contribution >= 0.6 is 0 Å². The van der Waals surface area contributed by atoms with Crippen LogP contribution in [0.4, 0.5) is 9.59 Å². The van der Waals surface area contributed by atoms with Crippen molar-refractivity contribution in [3.05, 3.63) is 0 Å². The molecule has 1 aliphatic heterocycles. The maximum atomic E-state index is 12.4. The fourth-order valence-electron chi connectivity index (χ4n) is 2.89. The van der Waals surface area contributed by atoms with E-state index in [2.05, 4.69) is 5.32 Å². The lowest BCUT2D eigenvalue weighted by atomic mass is 10.2. The molecule has 22 heavy (non-hydrogen) atoms. The van der Waals surface area contributed by atoms with Crippen LogP contribution in [0.15, 0.2) is 0 Å². The van der Waals surface area contributed by atoms with Crippen LogP contribution in [-0.2, 0) is 9.47 Å². The lowest BCUT2D eigenvalue weighted by Crippen LogP contribution is -2.45. The van der Waals surface area contributed by atoms with E-state index < -0.39 is 23.4 Å². The highest BCUT2D eigenvalue weighted by atomic mass is 16.6. The number of carbonyl (C=O) groups is 2. The Morgan fingerprint density at radius 2 is 1.36 bits per heavy atom. The fraction of sp³-hybridized carbons (Fsp3) is 0.875. The van der Waals surface area contributed by atoms with E-state index in [4.69, 9.17) is 9.47 Å². The average molecular weight is 312 g/mol. The van der Waals surface area contributed by atoms with Crippen molar-refractivity contribution in [3.8, 4) is 0 Å². The molecule has 0 radical (unpaired) electrons. The second kappa shape index (κ2) is 5.72. The highest BCUT2D eigenvalue weighted by Crippen LogP contribution is 2.49. The van der Waals surface area contributed by atoms with E-state index in [1.54, 1.807) is 41.5 Å². The van der Waals surface area contributed by atoms with Gasteiger partial charge in [0.15, 0.2) is 0 Å². The molecule has 2 fully saturated rings. The van der Waals surface area contributed by atoms with Crippen LogP contribution in [0.5, 0.6) is 0 Å². The number of ether oxygens (including phenoxy) is 2. The van der Waals surface area contributed by atoms with E-state index in [-0.39, 0.29) is 0 Å². The molecule has 1 saturated carbocycles. The Morgan fingerprint density at radius 3 is 1.73 bits per heavy atom. The summed E-state index contributed by atoms with van der Waals surface area (Å²) in [4.78, 5) is 25.8. The monoisotopic (exact) mass is 312 g/mol. The molecule has 1 saturated heterocycles. The van der Waals surface area contributed by atoms with Crippen LogP contribution in [0, 0.1) is 17.8 Å². The minimum Gasteiger partial charge on any atom is -0.443 e. The maximum Gasteiger partial charge on any atom is 0.419 e. The van der Waals surface area contributed by atoms with E-state index in [0.717, 1.165) is 18.0 Å². The highest BCUT2D eigenvalue weighted by molar-refractivity contribution is 5.88. The summed E-state index contributed by atoms with van der Waals surface area (Å²) in [5, 5.41) is 3.31. The number of hydrogen-bond acceptors (Lipinski definition) is 5. The Balaban J connectivity index is 2.03. The van der Waals surface area contributed by atoms with E-state index in [0.29, 0.717) is 24.3 Å². The Hall–Kier alpha value is -1.30. The van der Waals surface area contributed by atoms with Crippen LogP contribution in [0.25, 0.3) is 0 Å². The van der Waals surface area contributed by atoms with Crippen LogP contribution < -0.4 is 5.32 Å². The summed E-state index contributed by atoms with van der Waals surface area (Å²) in [6.45, 7) is 13.0. The van der Waals surface area contributed by atoms with E-state index >= 15 is 0 Å². The zero-order valence-corrected chi connectivity index (χ0v) is 14.4. The van der Waals surface area contributed by atoms with E-state index in [1.165, 1.54) is 0 Å². The number of nitrogens with zero attached hydrogens (tertiary/aromatic N) is 1. The van der Waals surface area contributed by atoms with Gasteiger partial charge in [-0.15, -0.1) is 0 Å². The fourth-order valence-corrected chi connectivity index (χ4v) is 2.89. The Labute approximate surface area is 132 Å². The lowest BCUT2D eigenvalue weighted by molar-refractivity contribution is 0.0000397. The smallest absolute Gasteiger partial charge is 0.419 e. The van der Waals surface area contributed by atoms with Crippen molar-refractivity contribution in [2.45, 2.75) is 52.7 Å². The molecule has 2 aliphatic rings. The first kappa shape index (κ1) is 17.1. The second-order valence-electron chi connectivity index (χ2n) is 8.22. The number of imide groups is 1. The molecule has 126 valence electrons. The zero-order valence-electron chi connectivity index (χ0n) is 14.4. The van der Waals surface area contributed by atoms with Crippen LogP contribution in [-0.4, -0.2) is 47.9 Å². The van der Waals surface area contributed by atoms with E-state index in [9.17, 15) is 9.59 Å². The largest absolute Gasteiger partial charge is 0.443 e. The summed E-state index contributed by atoms with van der Waals surface area (Å²) in [5.74, 6) is 1.49. The molecule has 3 atom stereocenters. The van der Waals surface area contributed by atoms with Gasteiger partial charge in [0.2, 0.25) is 0 Å². The third kappa shape index (κ3) is 4.35. The van der Waals surface area contributed by atoms with Crippen molar-refractivity contribution in [1.82, 2.24) is 10.2 Å². The molecule has 6 nitrogen and oxygen atoms in total. The molecule has 1 heterocycles. The second-order valence-corrected chi connectivity index (χ2v) is 8.22. The van der Waals surface area contributed by atoms with Gasteiger partial charge in [-0.1, -0.05) is 0 Å². The highest BCUT2D eigenvalue weighted by Gasteiger charge is 2.54. The van der Waals surface area contributed by atoms with Gasteiger partial charge in [0.1, 0.15) is 11.2 Å². The van der Waals surface area contributed by atoms with Gasteiger partial charge in [0.25, 0.3) is 0 Å². The normalized spacial score (nSPS) is 27.1. The van der Waals surface area contributed by atoms with Crippen LogP contribution in [0.3, 0.4) is 0 Å². The van der Waals surface area contributed by atoms with Gasteiger partial charge >= 0.3 is 12.2 Å². The maximum absolute atomic E-state index is 12.4. The number of rotatable bonds is 2. The van der Waals surface area contributed by atoms with Crippen molar-refractivity contribution < 1.29 is 19.1 Å². The third-order valence-electron chi connectivity index (χ3n) is 3.89. The summed E-state index contributed by atoms with van der Waals surface area (Å²) in [6, 6.07) is 0. The quantitative estimate of drug-likeness (QED) is 0.849. The Morgan fingerprint density at radius 1 is 0.955 bits per heavy atom. The number of piperidine rings is 1. The van der Waals surface area contributed by atoms with Crippen molar-refractivity contribution in [2.24, 2.45) is 17.8 Å². The predicted octanol–water partition coefficient (Wildman–Crippen LogP) is 2.62.